The van der Waals surface area contributed by atoms with Crippen LogP contribution in [0.1, 0.15) is 37.0 Å². The highest BCUT2D eigenvalue weighted by molar-refractivity contribution is 9.10. The molecule has 5 heteroatoms. The highest BCUT2D eigenvalue weighted by Crippen LogP contribution is 2.20. The molecule has 0 saturated carbocycles. The van der Waals surface area contributed by atoms with E-state index in [1.54, 1.807) is 0 Å². The molecule has 0 spiro atoms. The van der Waals surface area contributed by atoms with Crippen molar-refractivity contribution in [3.05, 3.63) is 34.3 Å². The Morgan fingerprint density at radius 1 is 1.23 bits per heavy atom. The third kappa shape index (κ3) is 4.57. The van der Waals surface area contributed by atoms with E-state index in [4.69, 9.17) is 0 Å². The molecule has 1 heterocycles. The first-order valence-corrected chi connectivity index (χ1v) is 8.59. The molecule has 1 N–H and O–H groups in total. The quantitative estimate of drug-likeness (QED) is 0.889. The summed E-state index contributed by atoms with van der Waals surface area (Å²) >= 11 is 3.37. The van der Waals surface area contributed by atoms with Crippen molar-refractivity contribution in [1.29, 1.82) is 0 Å². The summed E-state index contributed by atoms with van der Waals surface area (Å²) in [7, 11) is 0. The van der Waals surface area contributed by atoms with Crippen LogP contribution in [0.25, 0.3) is 0 Å². The van der Waals surface area contributed by atoms with E-state index in [0.29, 0.717) is 24.6 Å². The molecule has 22 heavy (non-hydrogen) atoms. The van der Waals surface area contributed by atoms with Crippen LogP contribution < -0.4 is 5.32 Å². The number of likely N-dealkylation sites (tertiary alicyclic amines) is 1. The second kappa shape index (κ2) is 7.77. The van der Waals surface area contributed by atoms with Crippen LogP contribution in [0, 0.1) is 11.8 Å². The van der Waals surface area contributed by atoms with Gasteiger partial charge in [0.15, 0.2) is 0 Å². The van der Waals surface area contributed by atoms with Gasteiger partial charge in [-0.2, -0.15) is 0 Å². The summed E-state index contributed by atoms with van der Waals surface area (Å²) in [5.41, 5.74) is 0.700. The van der Waals surface area contributed by atoms with Gasteiger partial charge in [-0.1, -0.05) is 29.8 Å². The summed E-state index contributed by atoms with van der Waals surface area (Å²) < 4.78 is 0.963. The molecule has 0 radical (unpaired) electrons. The molecule has 0 aromatic heterocycles. The Morgan fingerprint density at radius 2 is 1.82 bits per heavy atom. The van der Waals surface area contributed by atoms with Gasteiger partial charge in [-0.25, -0.2) is 0 Å². The molecular formula is C17H23BrN2O2. The van der Waals surface area contributed by atoms with Crippen molar-refractivity contribution < 1.29 is 9.59 Å². The number of carbonyl (C=O) groups is 2. The topological polar surface area (TPSA) is 49.4 Å². The Morgan fingerprint density at radius 3 is 2.36 bits per heavy atom. The van der Waals surface area contributed by atoms with Crippen molar-refractivity contribution in [2.24, 2.45) is 11.8 Å². The van der Waals surface area contributed by atoms with Gasteiger partial charge in [0.2, 0.25) is 5.91 Å². The molecule has 1 saturated heterocycles. The predicted molar refractivity (Wildman–Crippen MR) is 90.6 cm³/mol. The van der Waals surface area contributed by atoms with Gasteiger partial charge in [0.1, 0.15) is 0 Å². The van der Waals surface area contributed by atoms with Crippen molar-refractivity contribution in [2.75, 3.05) is 19.6 Å². The van der Waals surface area contributed by atoms with Crippen LogP contribution in [-0.4, -0.2) is 36.3 Å². The highest BCUT2D eigenvalue weighted by Gasteiger charge is 2.27. The fraction of sp³-hybridized carbons (Fsp3) is 0.529. The van der Waals surface area contributed by atoms with Crippen molar-refractivity contribution in [3.8, 4) is 0 Å². The molecule has 2 amide bonds. The van der Waals surface area contributed by atoms with E-state index in [0.717, 1.165) is 23.9 Å². The minimum Gasteiger partial charge on any atom is -0.356 e. The molecule has 4 nitrogen and oxygen atoms in total. The fourth-order valence-corrected chi connectivity index (χ4v) is 2.83. The van der Waals surface area contributed by atoms with Gasteiger partial charge in [-0.15, -0.1) is 0 Å². The van der Waals surface area contributed by atoms with Crippen molar-refractivity contribution in [3.63, 3.8) is 0 Å². The van der Waals surface area contributed by atoms with Crippen molar-refractivity contribution >= 4 is 27.7 Å². The van der Waals surface area contributed by atoms with E-state index < -0.39 is 0 Å². The lowest BCUT2D eigenvalue weighted by Crippen LogP contribution is -2.43. The average molecular weight is 367 g/mol. The Hall–Kier alpha value is -1.36. The van der Waals surface area contributed by atoms with Gasteiger partial charge in [-0.3, -0.25) is 9.59 Å². The van der Waals surface area contributed by atoms with Gasteiger partial charge in [-0.05, 0) is 43.0 Å². The van der Waals surface area contributed by atoms with Gasteiger partial charge < -0.3 is 10.2 Å². The van der Waals surface area contributed by atoms with Crippen LogP contribution in [0.3, 0.4) is 0 Å². The number of hydrogen-bond acceptors (Lipinski definition) is 2. The predicted octanol–water partition coefficient (Wildman–Crippen LogP) is 3.07. The van der Waals surface area contributed by atoms with Crippen LogP contribution in [-0.2, 0) is 4.79 Å². The first-order chi connectivity index (χ1) is 10.5. The largest absolute Gasteiger partial charge is 0.356 e. The second-order valence-electron chi connectivity index (χ2n) is 6.21. The first kappa shape index (κ1) is 17.0. The van der Waals surface area contributed by atoms with E-state index in [1.807, 2.05) is 29.2 Å². The van der Waals surface area contributed by atoms with Crippen LogP contribution in [0.4, 0.5) is 0 Å². The maximum atomic E-state index is 12.4. The minimum absolute atomic E-state index is 0.0349. The van der Waals surface area contributed by atoms with Crippen LogP contribution in [0.5, 0.6) is 0 Å². The lowest BCUT2D eigenvalue weighted by molar-refractivity contribution is -0.126. The number of piperidine rings is 1. The molecule has 120 valence electrons. The molecular weight excluding hydrogens is 344 g/mol. The second-order valence-corrected chi connectivity index (χ2v) is 7.13. The standard InChI is InChI=1S/C17H23BrN2O2/c1-12(2)11-19-16(21)13-7-9-20(10-8-13)17(22)14-3-5-15(18)6-4-14/h3-6,12-13H,7-11H2,1-2H3,(H,19,21). The summed E-state index contributed by atoms with van der Waals surface area (Å²) in [6.07, 6.45) is 1.48. The number of carbonyl (C=O) groups excluding carboxylic acids is 2. The van der Waals surface area contributed by atoms with E-state index in [2.05, 4.69) is 35.1 Å². The SMILES string of the molecule is CC(C)CNC(=O)C1CCN(C(=O)c2ccc(Br)cc2)CC1. The summed E-state index contributed by atoms with van der Waals surface area (Å²) in [6, 6.07) is 7.40. The average Bonchev–Trinajstić information content (AvgIpc) is 2.53. The van der Waals surface area contributed by atoms with Crippen LogP contribution >= 0.6 is 15.9 Å². The number of nitrogens with one attached hydrogen (secondary N) is 1. The molecule has 1 aromatic carbocycles. The van der Waals surface area contributed by atoms with Crippen molar-refractivity contribution in [2.45, 2.75) is 26.7 Å². The van der Waals surface area contributed by atoms with E-state index in [1.165, 1.54) is 0 Å². The maximum Gasteiger partial charge on any atom is 0.253 e. The Labute approximate surface area is 140 Å². The zero-order valence-electron chi connectivity index (χ0n) is 13.1. The zero-order chi connectivity index (χ0) is 16.1. The molecule has 2 rings (SSSR count). The van der Waals surface area contributed by atoms with Crippen LogP contribution in [0.15, 0.2) is 28.7 Å². The first-order valence-electron chi connectivity index (χ1n) is 7.80. The summed E-state index contributed by atoms with van der Waals surface area (Å²) in [6.45, 7) is 6.18. The normalized spacial score (nSPS) is 15.9. The molecule has 0 atom stereocenters. The van der Waals surface area contributed by atoms with Gasteiger partial charge >= 0.3 is 0 Å². The monoisotopic (exact) mass is 366 g/mol. The van der Waals surface area contributed by atoms with E-state index >= 15 is 0 Å². The lowest BCUT2D eigenvalue weighted by atomic mass is 9.95. The zero-order valence-corrected chi connectivity index (χ0v) is 14.7. The number of amides is 2. The van der Waals surface area contributed by atoms with Crippen LogP contribution in [0.2, 0.25) is 0 Å². The molecule has 0 unspecified atom stereocenters. The molecule has 1 aliphatic heterocycles. The number of benzene rings is 1. The van der Waals surface area contributed by atoms with E-state index in [-0.39, 0.29) is 17.7 Å². The maximum absolute atomic E-state index is 12.4. The van der Waals surface area contributed by atoms with Gasteiger partial charge in [0.25, 0.3) is 5.91 Å². The lowest BCUT2D eigenvalue weighted by Gasteiger charge is -2.31. The summed E-state index contributed by atoms with van der Waals surface area (Å²) in [5.74, 6) is 0.675. The van der Waals surface area contributed by atoms with Gasteiger partial charge in [0.05, 0.1) is 0 Å². The van der Waals surface area contributed by atoms with E-state index in [9.17, 15) is 9.59 Å². The number of rotatable bonds is 4. The molecule has 1 aromatic rings. The smallest absolute Gasteiger partial charge is 0.253 e. The third-order valence-electron chi connectivity index (χ3n) is 3.93. The number of hydrogen-bond donors (Lipinski definition) is 1. The summed E-state index contributed by atoms with van der Waals surface area (Å²) in [5, 5.41) is 2.99. The number of nitrogens with zero attached hydrogens (tertiary/aromatic N) is 1. The Bertz CT molecular complexity index is 520. The molecule has 1 aliphatic rings. The fourth-order valence-electron chi connectivity index (χ4n) is 2.57. The molecule has 0 aliphatic carbocycles. The van der Waals surface area contributed by atoms with Crippen molar-refractivity contribution in [1.82, 2.24) is 10.2 Å². The minimum atomic E-state index is 0.0349. The van der Waals surface area contributed by atoms with Gasteiger partial charge in [0, 0.05) is 35.6 Å². The Kier molecular flexibility index (Phi) is 6.00. The molecule has 1 fully saturated rings. The third-order valence-corrected chi connectivity index (χ3v) is 4.46. The molecule has 0 bridgehead atoms. The number of halogens is 1. The highest BCUT2D eigenvalue weighted by atomic mass is 79.9. The Balaban J connectivity index is 1.85. The summed E-state index contributed by atoms with van der Waals surface area (Å²) in [4.78, 5) is 26.3.